The van der Waals surface area contributed by atoms with Gasteiger partial charge in [-0.05, 0) is 70.1 Å². The molecule has 1 saturated heterocycles. The molecule has 0 aromatic heterocycles. The van der Waals surface area contributed by atoms with Crippen molar-refractivity contribution in [3.63, 3.8) is 0 Å². The highest BCUT2D eigenvalue weighted by molar-refractivity contribution is 9.10. The summed E-state index contributed by atoms with van der Waals surface area (Å²) in [5.41, 5.74) is 0.532. The van der Waals surface area contributed by atoms with Gasteiger partial charge in [0, 0.05) is 29.2 Å². The first-order valence-corrected chi connectivity index (χ1v) is 12.5. The SMILES string of the molecule is CC1(C)C(NC(=O)c2ccc(Br)c(S(=O)(=O)N3CCOCC3)c2)[C@@]2(C)CC[C@@H]1C2. The van der Waals surface area contributed by atoms with Crippen LogP contribution in [0.2, 0.25) is 0 Å². The quantitative estimate of drug-likeness (QED) is 0.710. The number of amides is 1. The van der Waals surface area contributed by atoms with E-state index < -0.39 is 10.0 Å². The Hall–Kier alpha value is -0.960. The van der Waals surface area contributed by atoms with Crippen LogP contribution in [0.4, 0.5) is 0 Å². The van der Waals surface area contributed by atoms with E-state index in [0.717, 1.165) is 12.8 Å². The second-order valence-electron chi connectivity index (χ2n) is 9.48. The van der Waals surface area contributed by atoms with Gasteiger partial charge in [0.1, 0.15) is 0 Å². The van der Waals surface area contributed by atoms with Crippen LogP contribution in [0.25, 0.3) is 0 Å². The summed E-state index contributed by atoms with van der Waals surface area (Å²) < 4.78 is 33.3. The molecule has 1 aromatic rings. The van der Waals surface area contributed by atoms with Gasteiger partial charge >= 0.3 is 0 Å². The lowest BCUT2D eigenvalue weighted by Gasteiger charge is -2.43. The van der Waals surface area contributed by atoms with Crippen molar-refractivity contribution in [1.29, 1.82) is 0 Å². The van der Waals surface area contributed by atoms with Gasteiger partial charge in [-0.1, -0.05) is 20.8 Å². The molecular formula is C21H29BrN2O4S. The smallest absolute Gasteiger partial charge is 0.251 e. The van der Waals surface area contributed by atoms with Crippen molar-refractivity contribution in [1.82, 2.24) is 9.62 Å². The van der Waals surface area contributed by atoms with Crippen LogP contribution in [0.1, 0.15) is 50.4 Å². The monoisotopic (exact) mass is 484 g/mol. The standard InChI is InChI=1S/C21H29BrN2O4S/c1-20(2)15-6-7-21(3,13-15)19(20)23-18(25)14-4-5-16(22)17(12-14)29(26,27)24-8-10-28-11-9-24/h4-5,12,15,19H,6-11,13H2,1-3H3,(H,23,25)/t15-,19?,21+/m1/s1. The van der Waals surface area contributed by atoms with Crippen LogP contribution < -0.4 is 5.32 Å². The Labute approximate surface area is 181 Å². The number of benzene rings is 1. The number of nitrogens with zero attached hydrogens (tertiary/aromatic N) is 1. The summed E-state index contributed by atoms with van der Waals surface area (Å²) in [7, 11) is -3.69. The molecule has 1 unspecified atom stereocenters. The van der Waals surface area contributed by atoms with Crippen LogP contribution in [0.15, 0.2) is 27.6 Å². The van der Waals surface area contributed by atoms with Gasteiger partial charge in [0.25, 0.3) is 5.91 Å². The van der Waals surface area contributed by atoms with E-state index in [2.05, 4.69) is 42.0 Å². The maximum Gasteiger partial charge on any atom is 0.251 e. The zero-order valence-electron chi connectivity index (χ0n) is 17.2. The average molecular weight is 485 g/mol. The van der Waals surface area contributed by atoms with Gasteiger partial charge in [0.2, 0.25) is 10.0 Å². The van der Waals surface area contributed by atoms with Crippen LogP contribution in [0, 0.1) is 16.7 Å². The molecule has 29 heavy (non-hydrogen) atoms. The zero-order valence-corrected chi connectivity index (χ0v) is 19.6. The number of halogens is 1. The fourth-order valence-electron chi connectivity index (χ4n) is 5.65. The molecule has 2 aliphatic carbocycles. The number of rotatable bonds is 4. The van der Waals surface area contributed by atoms with Crippen molar-refractivity contribution < 1.29 is 17.9 Å². The molecule has 3 aliphatic rings. The minimum absolute atomic E-state index is 0.0424. The highest BCUT2D eigenvalue weighted by atomic mass is 79.9. The first kappa shape index (κ1) is 21.3. The molecule has 4 rings (SSSR count). The Balaban J connectivity index is 1.60. The summed E-state index contributed by atoms with van der Waals surface area (Å²) in [6.45, 7) is 8.15. The van der Waals surface area contributed by atoms with E-state index in [4.69, 9.17) is 4.74 Å². The molecule has 1 aliphatic heterocycles. The summed E-state index contributed by atoms with van der Waals surface area (Å²) >= 11 is 3.35. The fraction of sp³-hybridized carbons (Fsp3) is 0.667. The van der Waals surface area contributed by atoms with Crippen LogP contribution in [0.5, 0.6) is 0 Å². The number of hydrogen-bond acceptors (Lipinski definition) is 4. The molecule has 1 N–H and O–H groups in total. The highest BCUT2D eigenvalue weighted by Gasteiger charge is 2.59. The number of nitrogens with one attached hydrogen (secondary N) is 1. The van der Waals surface area contributed by atoms with Crippen molar-refractivity contribution in [3.05, 3.63) is 28.2 Å². The van der Waals surface area contributed by atoms with E-state index in [0.29, 0.717) is 42.3 Å². The van der Waals surface area contributed by atoms with E-state index in [1.807, 2.05) is 0 Å². The van der Waals surface area contributed by atoms with Crippen LogP contribution in [0.3, 0.4) is 0 Å². The first-order chi connectivity index (χ1) is 13.6. The molecule has 2 saturated carbocycles. The van der Waals surface area contributed by atoms with Crippen molar-refractivity contribution in [2.75, 3.05) is 26.3 Å². The zero-order chi connectivity index (χ0) is 21.0. The predicted molar refractivity (Wildman–Crippen MR) is 114 cm³/mol. The Kier molecular flexibility index (Phi) is 5.37. The van der Waals surface area contributed by atoms with Gasteiger partial charge in [-0.15, -0.1) is 0 Å². The van der Waals surface area contributed by atoms with E-state index in [-0.39, 0.29) is 27.7 Å². The number of hydrogen-bond donors (Lipinski definition) is 1. The number of carbonyl (C=O) groups is 1. The van der Waals surface area contributed by atoms with Crippen LogP contribution in [-0.2, 0) is 14.8 Å². The van der Waals surface area contributed by atoms with Crippen LogP contribution >= 0.6 is 15.9 Å². The Morgan fingerprint density at radius 1 is 1.24 bits per heavy atom. The molecular weight excluding hydrogens is 456 g/mol. The molecule has 1 heterocycles. The van der Waals surface area contributed by atoms with Crippen molar-refractivity contribution in [2.24, 2.45) is 16.7 Å². The summed E-state index contributed by atoms with van der Waals surface area (Å²) in [5.74, 6) is 0.419. The van der Waals surface area contributed by atoms with Gasteiger partial charge in [-0.25, -0.2) is 8.42 Å². The molecule has 8 heteroatoms. The van der Waals surface area contributed by atoms with Crippen LogP contribution in [-0.4, -0.2) is 51.0 Å². The van der Waals surface area contributed by atoms with E-state index >= 15 is 0 Å². The lowest BCUT2D eigenvalue weighted by Crippen LogP contribution is -2.52. The average Bonchev–Trinajstić information content (AvgIpc) is 3.17. The van der Waals surface area contributed by atoms with Crippen molar-refractivity contribution in [2.45, 2.75) is 51.0 Å². The molecule has 3 atom stereocenters. The summed E-state index contributed by atoms with van der Waals surface area (Å²) in [6, 6.07) is 4.91. The topological polar surface area (TPSA) is 75.7 Å². The third-order valence-electron chi connectivity index (χ3n) is 7.33. The second-order valence-corrected chi connectivity index (χ2v) is 12.2. The predicted octanol–water partition coefficient (Wildman–Crippen LogP) is 3.41. The third kappa shape index (κ3) is 3.56. The molecule has 1 aromatic carbocycles. The first-order valence-electron chi connectivity index (χ1n) is 10.2. The molecule has 1 amide bonds. The van der Waals surface area contributed by atoms with Gasteiger partial charge in [-0.2, -0.15) is 4.31 Å². The molecule has 6 nitrogen and oxygen atoms in total. The number of sulfonamides is 1. The lowest BCUT2D eigenvalue weighted by atomic mass is 9.68. The Morgan fingerprint density at radius 3 is 2.55 bits per heavy atom. The summed E-state index contributed by atoms with van der Waals surface area (Å²) in [4.78, 5) is 13.2. The summed E-state index contributed by atoms with van der Waals surface area (Å²) in [6.07, 6.45) is 3.49. The minimum Gasteiger partial charge on any atom is -0.379 e. The van der Waals surface area contributed by atoms with E-state index in [1.54, 1.807) is 12.1 Å². The normalized spacial score (nSPS) is 31.7. The highest BCUT2D eigenvalue weighted by Crippen LogP contribution is 2.62. The van der Waals surface area contributed by atoms with E-state index in [1.165, 1.54) is 16.8 Å². The molecule has 0 spiro atoms. The van der Waals surface area contributed by atoms with Crippen molar-refractivity contribution in [3.8, 4) is 0 Å². The molecule has 3 fully saturated rings. The van der Waals surface area contributed by atoms with Crippen molar-refractivity contribution >= 4 is 31.9 Å². The molecule has 2 bridgehead atoms. The number of ether oxygens (including phenoxy) is 1. The molecule has 0 radical (unpaired) electrons. The molecule has 160 valence electrons. The number of morpholine rings is 1. The third-order valence-corrected chi connectivity index (χ3v) is 10.2. The Bertz CT molecular complexity index is 922. The number of fused-ring (bicyclic) bond motifs is 2. The van der Waals surface area contributed by atoms with Gasteiger partial charge < -0.3 is 10.1 Å². The Morgan fingerprint density at radius 2 is 1.93 bits per heavy atom. The largest absolute Gasteiger partial charge is 0.379 e. The lowest BCUT2D eigenvalue weighted by molar-refractivity contribution is 0.0728. The second kappa shape index (κ2) is 7.32. The maximum absolute atomic E-state index is 13.1. The van der Waals surface area contributed by atoms with E-state index in [9.17, 15) is 13.2 Å². The number of carbonyl (C=O) groups excluding carboxylic acids is 1. The van der Waals surface area contributed by atoms with Gasteiger partial charge in [0.05, 0.1) is 18.1 Å². The van der Waals surface area contributed by atoms with Gasteiger partial charge in [-0.3, -0.25) is 4.79 Å². The fourth-order valence-corrected chi connectivity index (χ4v) is 8.00. The summed E-state index contributed by atoms with van der Waals surface area (Å²) in [5, 5.41) is 3.25. The maximum atomic E-state index is 13.1. The van der Waals surface area contributed by atoms with Gasteiger partial charge in [0.15, 0.2) is 0 Å². The minimum atomic E-state index is -3.69.